The predicted octanol–water partition coefficient (Wildman–Crippen LogP) is -0.618. The van der Waals surface area contributed by atoms with Crippen LogP contribution in [0.3, 0.4) is 0 Å². The molecule has 0 amide bonds. The van der Waals surface area contributed by atoms with Crippen LogP contribution in [0.2, 0.25) is 0 Å². The standard InChI is InChI=1S/C7H8N4O2/c1-3-8-4-5(9-3)10-7(13)11(2)6(4)12/h8-9H,1H2,2H3,(H,10,13). The van der Waals surface area contributed by atoms with E-state index in [-0.39, 0.29) is 5.56 Å². The van der Waals surface area contributed by atoms with Crippen LogP contribution >= 0.6 is 0 Å². The molecule has 0 unspecified atom stereocenters. The van der Waals surface area contributed by atoms with Gasteiger partial charge in [0.05, 0.1) is 0 Å². The van der Waals surface area contributed by atoms with Crippen LogP contribution < -0.4 is 21.9 Å². The van der Waals surface area contributed by atoms with E-state index in [1.165, 1.54) is 7.05 Å². The van der Waals surface area contributed by atoms with Crippen molar-refractivity contribution in [2.45, 2.75) is 0 Å². The SMILES string of the molecule is C=C1Nc2[nH]c(=O)n(C)c(=O)c2N1. The lowest BCUT2D eigenvalue weighted by Gasteiger charge is -1.98. The molecule has 2 heterocycles. The first kappa shape index (κ1) is 7.66. The number of aromatic amines is 1. The molecular formula is C7H8N4O2. The molecule has 0 aliphatic carbocycles. The number of aromatic nitrogens is 2. The van der Waals surface area contributed by atoms with Gasteiger partial charge in [-0.05, 0) is 0 Å². The van der Waals surface area contributed by atoms with Gasteiger partial charge in [0.25, 0.3) is 5.56 Å². The lowest BCUT2D eigenvalue weighted by molar-refractivity contribution is 0.784. The quantitative estimate of drug-likeness (QED) is 0.497. The molecule has 13 heavy (non-hydrogen) atoms. The summed E-state index contributed by atoms with van der Waals surface area (Å²) in [5, 5.41) is 5.46. The van der Waals surface area contributed by atoms with Crippen molar-refractivity contribution in [1.29, 1.82) is 0 Å². The maximum Gasteiger partial charge on any atom is 0.329 e. The van der Waals surface area contributed by atoms with Crippen LogP contribution in [0.4, 0.5) is 11.5 Å². The van der Waals surface area contributed by atoms with E-state index in [4.69, 9.17) is 0 Å². The van der Waals surface area contributed by atoms with E-state index < -0.39 is 5.69 Å². The van der Waals surface area contributed by atoms with E-state index in [2.05, 4.69) is 22.2 Å². The van der Waals surface area contributed by atoms with Crippen molar-refractivity contribution in [1.82, 2.24) is 9.55 Å². The molecule has 0 saturated heterocycles. The topological polar surface area (TPSA) is 78.9 Å². The van der Waals surface area contributed by atoms with E-state index in [1.54, 1.807) is 0 Å². The van der Waals surface area contributed by atoms with Crippen molar-refractivity contribution in [3.63, 3.8) is 0 Å². The molecule has 68 valence electrons. The molecule has 0 spiro atoms. The monoisotopic (exact) mass is 180 g/mol. The Labute approximate surface area is 72.9 Å². The van der Waals surface area contributed by atoms with Gasteiger partial charge in [0, 0.05) is 7.05 Å². The fourth-order valence-corrected chi connectivity index (χ4v) is 1.16. The van der Waals surface area contributed by atoms with Crippen LogP contribution in [-0.4, -0.2) is 9.55 Å². The second kappa shape index (κ2) is 2.25. The fourth-order valence-electron chi connectivity index (χ4n) is 1.16. The minimum Gasteiger partial charge on any atom is -0.335 e. The minimum absolute atomic E-state index is 0.326. The summed E-state index contributed by atoms with van der Waals surface area (Å²) in [6.45, 7) is 3.58. The van der Waals surface area contributed by atoms with Crippen LogP contribution in [0.1, 0.15) is 0 Å². The zero-order chi connectivity index (χ0) is 9.59. The average molecular weight is 180 g/mol. The Morgan fingerprint density at radius 3 is 2.69 bits per heavy atom. The van der Waals surface area contributed by atoms with Crippen LogP contribution in [0.15, 0.2) is 22.0 Å². The van der Waals surface area contributed by atoms with Crippen molar-refractivity contribution < 1.29 is 0 Å². The van der Waals surface area contributed by atoms with Crippen LogP contribution in [0.5, 0.6) is 0 Å². The Bertz CT molecular complexity index is 496. The minimum atomic E-state index is -0.451. The zero-order valence-electron chi connectivity index (χ0n) is 6.97. The predicted molar refractivity (Wildman–Crippen MR) is 48.7 cm³/mol. The zero-order valence-corrected chi connectivity index (χ0v) is 6.97. The van der Waals surface area contributed by atoms with E-state index >= 15 is 0 Å². The summed E-state index contributed by atoms with van der Waals surface area (Å²) in [4.78, 5) is 25.0. The summed E-state index contributed by atoms with van der Waals surface area (Å²) in [5.74, 6) is 0.854. The normalized spacial score (nSPS) is 13.5. The molecule has 1 aromatic rings. The summed E-state index contributed by atoms with van der Waals surface area (Å²) in [6.07, 6.45) is 0. The van der Waals surface area contributed by atoms with E-state index in [0.717, 1.165) is 4.57 Å². The van der Waals surface area contributed by atoms with Crippen LogP contribution in [-0.2, 0) is 7.05 Å². The van der Waals surface area contributed by atoms with Crippen molar-refractivity contribution >= 4 is 11.5 Å². The Balaban J connectivity index is 2.81. The molecular weight excluding hydrogens is 172 g/mol. The van der Waals surface area contributed by atoms with Crippen LogP contribution in [0, 0.1) is 0 Å². The molecule has 3 N–H and O–H groups in total. The Morgan fingerprint density at radius 2 is 2.00 bits per heavy atom. The van der Waals surface area contributed by atoms with Crippen molar-refractivity contribution in [3.05, 3.63) is 33.2 Å². The lowest BCUT2D eigenvalue weighted by Crippen LogP contribution is -2.32. The van der Waals surface area contributed by atoms with Gasteiger partial charge in [0.2, 0.25) is 0 Å². The summed E-state index contributed by atoms with van der Waals surface area (Å²) in [7, 11) is 1.41. The molecule has 6 nitrogen and oxygen atoms in total. The Hall–Kier alpha value is -1.98. The smallest absolute Gasteiger partial charge is 0.329 e. The van der Waals surface area contributed by atoms with Gasteiger partial charge in [-0.2, -0.15) is 0 Å². The summed E-state index contributed by atoms with van der Waals surface area (Å²) in [5.41, 5.74) is -0.496. The molecule has 1 aliphatic heterocycles. The van der Waals surface area contributed by atoms with Crippen molar-refractivity contribution in [2.75, 3.05) is 10.6 Å². The molecule has 0 radical (unpaired) electrons. The number of anilines is 2. The molecule has 0 atom stereocenters. The molecule has 2 rings (SSSR count). The molecule has 1 aromatic heterocycles. The van der Waals surface area contributed by atoms with E-state index in [9.17, 15) is 9.59 Å². The van der Waals surface area contributed by atoms with Gasteiger partial charge in [-0.25, -0.2) is 4.79 Å². The summed E-state index contributed by atoms with van der Waals surface area (Å²) >= 11 is 0. The first-order chi connectivity index (χ1) is 6.09. The average Bonchev–Trinajstić information content (AvgIpc) is 2.42. The number of fused-ring (bicyclic) bond motifs is 1. The molecule has 0 aromatic carbocycles. The maximum atomic E-state index is 11.4. The highest BCUT2D eigenvalue weighted by Gasteiger charge is 2.18. The first-order valence-corrected chi connectivity index (χ1v) is 3.66. The Kier molecular flexibility index (Phi) is 1.33. The van der Waals surface area contributed by atoms with Gasteiger partial charge in [-0.1, -0.05) is 6.58 Å². The first-order valence-electron chi connectivity index (χ1n) is 3.66. The molecule has 1 aliphatic rings. The highest BCUT2D eigenvalue weighted by atomic mass is 16.2. The third-order valence-corrected chi connectivity index (χ3v) is 1.86. The van der Waals surface area contributed by atoms with Crippen molar-refractivity contribution in [3.8, 4) is 0 Å². The molecule has 0 bridgehead atoms. The second-order valence-corrected chi connectivity index (χ2v) is 2.77. The number of H-pyrrole nitrogens is 1. The number of hydrogen-bond donors (Lipinski definition) is 3. The van der Waals surface area contributed by atoms with E-state index in [1.807, 2.05) is 0 Å². The Morgan fingerprint density at radius 1 is 1.31 bits per heavy atom. The number of hydrogen-bond acceptors (Lipinski definition) is 4. The second-order valence-electron chi connectivity index (χ2n) is 2.77. The van der Waals surface area contributed by atoms with Crippen LogP contribution in [0.25, 0.3) is 0 Å². The fraction of sp³-hybridized carbons (Fsp3) is 0.143. The lowest BCUT2D eigenvalue weighted by atomic mass is 10.5. The van der Waals surface area contributed by atoms with Gasteiger partial charge < -0.3 is 10.6 Å². The maximum absolute atomic E-state index is 11.4. The van der Waals surface area contributed by atoms with Gasteiger partial charge >= 0.3 is 5.69 Å². The third-order valence-electron chi connectivity index (χ3n) is 1.86. The van der Waals surface area contributed by atoms with Crippen molar-refractivity contribution in [2.24, 2.45) is 7.05 Å². The van der Waals surface area contributed by atoms with Gasteiger partial charge in [-0.3, -0.25) is 14.3 Å². The third kappa shape index (κ3) is 0.952. The highest BCUT2D eigenvalue weighted by Crippen LogP contribution is 2.21. The molecule has 0 fully saturated rings. The van der Waals surface area contributed by atoms with Gasteiger partial charge in [0.1, 0.15) is 17.3 Å². The number of nitrogens with one attached hydrogen (secondary N) is 3. The van der Waals surface area contributed by atoms with E-state index in [0.29, 0.717) is 17.3 Å². The highest BCUT2D eigenvalue weighted by molar-refractivity contribution is 5.73. The largest absolute Gasteiger partial charge is 0.335 e. The number of rotatable bonds is 0. The van der Waals surface area contributed by atoms with Gasteiger partial charge in [0.15, 0.2) is 0 Å². The summed E-state index contributed by atoms with van der Waals surface area (Å²) in [6, 6.07) is 0. The molecule has 0 saturated carbocycles. The van der Waals surface area contributed by atoms with Gasteiger partial charge in [-0.15, -0.1) is 0 Å². The summed E-state index contributed by atoms with van der Waals surface area (Å²) < 4.78 is 0.992. The number of nitrogens with zero attached hydrogens (tertiary/aromatic N) is 1. The molecule has 6 heteroatoms.